The molecule has 2 N–H and O–H groups in total. The summed E-state index contributed by atoms with van der Waals surface area (Å²) in [4.78, 5) is 17.2. The second kappa shape index (κ2) is 9.27. The molecule has 0 saturated carbocycles. The van der Waals surface area contributed by atoms with Crippen molar-refractivity contribution in [1.29, 1.82) is 0 Å². The quantitative estimate of drug-likeness (QED) is 0.338. The molecule has 1 aliphatic heterocycles. The Balaban J connectivity index is 1.51. The lowest BCUT2D eigenvalue weighted by Crippen LogP contribution is -2.37. The number of rotatable bonds is 6. The molecule has 5 rings (SSSR count). The summed E-state index contributed by atoms with van der Waals surface area (Å²) < 4.78 is 8.80. The van der Waals surface area contributed by atoms with Gasteiger partial charge in [0.25, 0.3) is 0 Å². The number of nitrogens with zero attached hydrogens (tertiary/aromatic N) is 3. The summed E-state index contributed by atoms with van der Waals surface area (Å²) in [7, 11) is 1.72. The van der Waals surface area contributed by atoms with Gasteiger partial charge in [0.2, 0.25) is 0 Å². The number of carboxylic acids is 1. The molecule has 0 amide bonds. The molecule has 0 radical (unpaired) electrons. The largest absolute Gasteiger partial charge is 0.496 e. The number of carbonyl (C=O) groups is 1. The van der Waals surface area contributed by atoms with E-state index in [2.05, 4.69) is 50.0 Å². The smallest absolute Gasteiger partial charge is 0.335 e. The number of H-pyrrole nitrogens is 1. The molecular formula is C26H27BrN4O3. The Hall–Kier alpha value is -3.10. The van der Waals surface area contributed by atoms with Crippen LogP contribution in [0.2, 0.25) is 0 Å². The Morgan fingerprint density at radius 1 is 1.29 bits per heavy atom. The average molecular weight is 523 g/mol. The van der Waals surface area contributed by atoms with E-state index in [-0.39, 0.29) is 12.1 Å². The zero-order valence-electron chi connectivity index (χ0n) is 19.2. The summed E-state index contributed by atoms with van der Waals surface area (Å²) in [5.41, 5.74) is 4.86. The summed E-state index contributed by atoms with van der Waals surface area (Å²) >= 11 is 3.51. The van der Waals surface area contributed by atoms with E-state index < -0.39 is 5.97 Å². The van der Waals surface area contributed by atoms with Gasteiger partial charge in [0.05, 0.1) is 29.4 Å². The van der Waals surface area contributed by atoms with Crippen LogP contribution in [-0.2, 0) is 6.54 Å². The second-order valence-corrected chi connectivity index (χ2v) is 9.79. The maximum Gasteiger partial charge on any atom is 0.335 e. The highest BCUT2D eigenvalue weighted by atomic mass is 79.9. The zero-order chi connectivity index (χ0) is 23.8. The van der Waals surface area contributed by atoms with Crippen molar-refractivity contribution < 1.29 is 14.6 Å². The number of benzene rings is 2. The van der Waals surface area contributed by atoms with Crippen LogP contribution < -0.4 is 4.74 Å². The van der Waals surface area contributed by atoms with Crippen molar-refractivity contribution >= 4 is 32.8 Å². The predicted octanol–water partition coefficient (Wildman–Crippen LogP) is 5.72. The van der Waals surface area contributed by atoms with Gasteiger partial charge in [0.15, 0.2) is 0 Å². The van der Waals surface area contributed by atoms with Crippen molar-refractivity contribution in [2.24, 2.45) is 0 Å². The number of hydrogen-bond donors (Lipinski definition) is 2. The van der Waals surface area contributed by atoms with Gasteiger partial charge < -0.3 is 14.8 Å². The summed E-state index contributed by atoms with van der Waals surface area (Å²) in [6.07, 6.45) is 7.68. The lowest BCUT2D eigenvalue weighted by molar-refractivity contribution is 0.0696. The molecule has 0 unspecified atom stereocenters. The number of carboxylic acid groups (broad SMARTS) is 1. The minimum Gasteiger partial charge on any atom is -0.496 e. The number of aromatic nitrogens is 3. The van der Waals surface area contributed by atoms with Gasteiger partial charge >= 0.3 is 5.97 Å². The van der Waals surface area contributed by atoms with E-state index in [1.165, 1.54) is 5.39 Å². The van der Waals surface area contributed by atoms with E-state index in [0.29, 0.717) is 5.56 Å². The highest BCUT2D eigenvalue weighted by molar-refractivity contribution is 9.10. The minimum atomic E-state index is -0.912. The molecule has 2 atom stereocenters. The fourth-order valence-corrected chi connectivity index (χ4v) is 5.42. The Kier molecular flexibility index (Phi) is 6.18. The number of aryl methyl sites for hydroxylation is 1. The van der Waals surface area contributed by atoms with Gasteiger partial charge in [0.1, 0.15) is 5.75 Å². The number of piperidine rings is 1. The molecule has 176 valence electrons. The molecule has 1 saturated heterocycles. The predicted molar refractivity (Wildman–Crippen MR) is 134 cm³/mol. The van der Waals surface area contributed by atoms with E-state index in [1.807, 2.05) is 35.4 Å². The number of halogens is 1. The third kappa shape index (κ3) is 4.23. The third-order valence-corrected chi connectivity index (χ3v) is 7.27. The maximum atomic E-state index is 11.4. The number of hydrogen-bond acceptors (Lipinski definition) is 4. The van der Waals surface area contributed by atoms with Crippen LogP contribution in [0.3, 0.4) is 0 Å². The lowest BCUT2D eigenvalue weighted by Gasteiger charge is -2.40. The molecule has 2 aromatic heterocycles. The average Bonchev–Trinajstić information content (AvgIpc) is 3.51. The Morgan fingerprint density at radius 3 is 2.76 bits per heavy atom. The van der Waals surface area contributed by atoms with Crippen LogP contribution in [0.15, 0.2) is 59.5 Å². The normalized spacial score (nSPS) is 18.9. The van der Waals surface area contributed by atoms with E-state index in [4.69, 9.17) is 4.74 Å². The first-order valence-electron chi connectivity index (χ1n) is 11.3. The first-order valence-corrected chi connectivity index (χ1v) is 12.1. The monoisotopic (exact) mass is 522 g/mol. The zero-order valence-corrected chi connectivity index (χ0v) is 20.7. The van der Waals surface area contributed by atoms with Gasteiger partial charge in [0, 0.05) is 48.0 Å². The SMILES string of the molecule is COc1cc(C)c2[nH]ccc2c1CN1CC[C@@H](n2cc(Br)cn2)C[C@@H]1c1ccc(C(=O)O)cc1. The van der Waals surface area contributed by atoms with Crippen molar-refractivity contribution in [2.45, 2.75) is 38.4 Å². The van der Waals surface area contributed by atoms with E-state index in [9.17, 15) is 9.90 Å². The molecule has 0 aliphatic carbocycles. The Labute approximate surface area is 206 Å². The molecule has 34 heavy (non-hydrogen) atoms. The van der Waals surface area contributed by atoms with Crippen LogP contribution >= 0.6 is 15.9 Å². The van der Waals surface area contributed by atoms with Crippen molar-refractivity contribution in [3.63, 3.8) is 0 Å². The second-order valence-electron chi connectivity index (χ2n) is 8.87. The van der Waals surface area contributed by atoms with Gasteiger partial charge in [-0.25, -0.2) is 4.79 Å². The van der Waals surface area contributed by atoms with E-state index >= 15 is 0 Å². The van der Waals surface area contributed by atoms with Gasteiger partial charge in [-0.15, -0.1) is 0 Å². The van der Waals surface area contributed by atoms with Crippen LogP contribution in [-0.4, -0.2) is 44.4 Å². The fourth-order valence-electron chi connectivity index (χ4n) is 5.12. The Bertz CT molecular complexity index is 1330. The standard InChI is InChI=1S/C26H27BrN4O3/c1-16-11-24(34-2)22(21-7-9-28-25(16)21)15-30-10-8-20(31-14-19(27)13-29-31)12-23(30)17-3-5-18(6-4-17)26(32)33/h3-7,9,11,13-14,20,23,28H,8,10,12,15H2,1-2H3,(H,32,33)/t20-,23-/m1/s1. The van der Waals surface area contributed by atoms with E-state index in [1.54, 1.807) is 19.2 Å². The molecule has 2 aromatic carbocycles. The molecule has 4 aromatic rings. The van der Waals surface area contributed by atoms with Crippen molar-refractivity contribution in [3.8, 4) is 5.75 Å². The first kappa shape index (κ1) is 22.7. The van der Waals surface area contributed by atoms with Crippen LogP contribution in [0.1, 0.15) is 52.0 Å². The van der Waals surface area contributed by atoms with Crippen LogP contribution in [0, 0.1) is 6.92 Å². The van der Waals surface area contributed by atoms with E-state index in [0.717, 1.165) is 58.4 Å². The van der Waals surface area contributed by atoms with Crippen molar-refractivity contribution in [1.82, 2.24) is 19.7 Å². The lowest BCUT2D eigenvalue weighted by atomic mass is 9.90. The van der Waals surface area contributed by atoms with Gasteiger partial charge in [-0.05, 0) is 71.1 Å². The molecule has 3 heterocycles. The number of nitrogens with one attached hydrogen (secondary N) is 1. The first-order chi connectivity index (χ1) is 16.4. The number of ether oxygens (including phenoxy) is 1. The molecule has 1 fully saturated rings. The molecule has 7 nitrogen and oxygen atoms in total. The number of methoxy groups -OCH3 is 1. The molecule has 1 aliphatic rings. The fraction of sp³-hybridized carbons (Fsp3) is 0.308. The summed E-state index contributed by atoms with van der Waals surface area (Å²) in [6, 6.07) is 11.9. The van der Waals surface area contributed by atoms with Crippen LogP contribution in [0.5, 0.6) is 5.75 Å². The minimum absolute atomic E-state index is 0.115. The highest BCUT2D eigenvalue weighted by Crippen LogP contribution is 2.40. The molecule has 0 spiro atoms. The summed E-state index contributed by atoms with van der Waals surface area (Å²) in [5.74, 6) is -0.0201. The van der Waals surface area contributed by atoms with Crippen LogP contribution in [0.4, 0.5) is 0 Å². The summed E-state index contributed by atoms with van der Waals surface area (Å²) in [6.45, 7) is 3.71. The number of aromatic amines is 1. The number of aromatic carboxylic acids is 1. The number of likely N-dealkylation sites (tertiary alicyclic amines) is 1. The highest BCUT2D eigenvalue weighted by Gasteiger charge is 2.32. The van der Waals surface area contributed by atoms with Gasteiger partial charge in [-0.1, -0.05) is 12.1 Å². The van der Waals surface area contributed by atoms with Crippen molar-refractivity contribution in [2.75, 3.05) is 13.7 Å². The molecular weight excluding hydrogens is 496 g/mol. The number of fused-ring (bicyclic) bond motifs is 1. The molecule has 8 heteroatoms. The van der Waals surface area contributed by atoms with Crippen LogP contribution in [0.25, 0.3) is 10.9 Å². The third-order valence-electron chi connectivity index (χ3n) is 6.86. The Morgan fingerprint density at radius 2 is 2.09 bits per heavy atom. The topological polar surface area (TPSA) is 83.4 Å². The van der Waals surface area contributed by atoms with Gasteiger partial charge in [-0.3, -0.25) is 9.58 Å². The molecule has 0 bridgehead atoms. The van der Waals surface area contributed by atoms with Gasteiger partial charge in [-0.2, -0.15) is 5.10 Å². The summed E-state index contributed by atoms with van der Waals surface area (Å²) in [5, 5.41) is 15.1. The maximum absolute atomic E-state index is 11.4. The van der Waals surface area contributed by atoms with Crippen molar-refractivity contribution in [3.05, 3.63) is 81.7 Å².